The second-order valence-electron chi connectivity index (χ2n) is 6.21. The molecule has 6 heteroatoms. The van der Waals surface area contributed by atoms with E-state index in [0.29, 0.717) is 17.7 Å². The maximum Gasteiger partial charge on any atom is 0.335 e. The molecule has 0 aromatic heterocycles. The number of aromatic carboxylic acids is 1. The Morgan fingerprint density at radius 1 is 1.29 bits per heavy atom. The van der Waals surface area contributed by atoms with Crippen LogP contribution in [0.2, 0.25) is 0 Å². The largest absolute Gasteiger partial charge is 0.478 e. The molecule has 1 heterocycles. The number of nitrogens with zero attached hydrogens (tertiary/aromatic N) is 1. The van der Waals surface area contributed by atoms with Crippen LogP contribution in [0.3, 0.4) is 0 Å². The summed E-state index contributed by atoms with van der Waals surface area (Å²) in [6.07, 6.45) is 1.63. The Kier molecular flexibility index (Phi) is 3.88. The van der Waals surface area contributed by atoms with Crippen LogP contribution in [-0.2, 0) is 10.0 Å². The van der Waals surface area contributed by atoms with Gasteiger partial charge in [-0.05, 0) is 63.8 Å². The van der Waals surface area contributed by atoms with E-state index < -0.39 is 21.5 Å². The molecule has 1 aromatic rings. The first-order chi connectivity index (χ1) is 9.57. The normalized spacial score (nSPS) is 18.9. The molecule has 0 atom stereocenters. The zero-order valence-electron chi connectivity index (χ0n) is 12.8. The minimum atomic E-state index is -3.69. The van der Waals surface area contributed by atoms with Crippen LogP contribution in [0.25, 0.3) is 0 Å². The highest BCUT2D eigenvalue weighted by atomic mass is 32.2. The van der Waals surface area contributed by atoms with Gasteiger partial charge in [-0.25, -0.2) is 13.2 Å². The number of aryl methyl sites for hydroxylation is 1. The summed E-state index contributed by atoms with van der Waals surface area (Å²) in [5, 5.41) is 9.15. The molecule has 0 amide bonds. The van der Waals surface area contributed by atoms with Gasteiger partial charge in [0.25, 0.3) is 0 Å². The van der Waals surface area contributed by atoms with Gasteiger partial charge in [-0.15, -0.1) is 0 Å². The number of benzene rings is 1. The summed E-state index contributed by atoms with van der Waals surface area (Å²) in [5.74, 6) is -1.12. The average molecular weight is 311 g/mol. The Morgan fingerprint density at radius 2 is 1.90 bits per heavy atom. The van der Waals surface area contributed by atoms with E-state index in [1.54, 1.807) is 13.8 Å². The van der Waals surface area contributed by atoms with Crippen molar-refractivity contribution in [3.8, 4) is 0 Å². The molecule has 0 bridgehead atoms. The minimum absolute atomic E-state index is 0.00804. The van der Waals surface area contributed by atoms with E-state index >= 15 is 0 Å². The summed E-state index contributed by atoms with van der Waals surface area (Å²) in [6, 6.07) is 2.78. The number of carbonyl (C=O) groups is 1. The van der Waals surface area contributed by atoms with Crippen molar-refractivity contribution in [2.45, 2.75) is 51.0 Å². The molecule has 0 saturated carbocycles. The molecule has 0 spiro atoms. The van der Waals surface area contributed by atoms with Crippen molar-refractivity contribution in [2.75, 3.05) is 6.54 Å². The Hall–Kier alpha value is -1.40. The van der Waals surface area contributed by atoms with Gasteiger partial charge in [0, 0.05) is 12.1 Å². The quantitative estimate of drug-likeness (QED) is 0.931. The lowest BCUT2D eigenvalue weighted by atomic mass is 10.0. The molecule has 0 aliphatic carbocycles. The molecule has 1 fully saturated rings. The molecule has 1 N–H and O–H groups in total. The molecule has 2 rings (SSSR count). The third-order valence-corrected chi connectivity index (χ3v) is 6.50. The molecule has 1 saturated heterocycles. The maximum atomic E-state index is 12.9. The van der Waals surface area contributed by atoms with Gasteiger partial charge in [0.05, 0.1) is 10.5 Å². The first-order valence-electron chi connectivity index (χ1n) is 6.95. The number of sulfonamides is 1. The van der Waals surface area contributed by atoms with E-state index in [1.165, 1.54) is 16.4 Å². The van der Waals surface area contributed by atoms with Crippen LogP contribution in [0.4, 0.5) is 0 Å². The summed E-state index contributed by atoms with van der Waals surface area (Å²) in [4.78, 5) is 11.3. The van der Waals surface area contributed by atoms with Gasteiger partial charge < -0.3 is 5.11 Å². The highest BCUT2D eigenvalue weighted by Gasteiger charge is 2.41. The van der Waals surface area contributed by atoms with Crippen LogP contribution in [0.5, 0.6) is 0 Å². The summed E-state index contributed by atoms with van der Waals surface area (Å²) < 4.78 is 27.4. The summed E-state index contributed by atoms with van der Waals surface area (Å²) in [6.45, 7) is 7.74. The van der Waals surface area contributed by atoms with Crippen molar-refractivity contribution in [3.63, 3.8) is 0 Å². The van der Waals surface area contributed by atoms with E-state index in [4.69, 9.17) is 5.11 Å². The van der Waals surface area contributed by atoms with Crippen LogP contribution < -0.4 is 0 Å². The van der Waals surface area contributed by atoms with Gasteiger partial charge in [0.1, 0.15) is 0 Å². The summed E-state index contributed by atoms with van der Waals surface area (Å²) in [7, 11) is -3.69. The Morgan fingerprint density at radius 3 is 2.38 bits per heavy atom. The van der Waals surface area contributed by atoms with Crippen molar-refractivity contribution < 1.29 is 18.3 Å². The third-order valence-electron chi connectivity index (χ3n) is 4.26. The fourth-order valence-electron chi connectivity index (χ4n) is 2.87. The van der Waals surface area contributed by atoms with E-state index in [2.05, 4.69) is 0 Å². The first-order valence-corrected chi connectivity index (χ1v) is 8.39. The lowest BCUT2D eigenvalue weighted by molar-refractivity contribution is 0.0696. The fourth-order valence-corrected chi connectivity index (χ4v) is 5.04. The minimum Gasteiger partial charge on any atom is -0.478 e. The number of carboxylic acid groups (broad SMARTS) is 1. The van der Waals surface area contributed by atoms with Crippen molar-refractivity contribution in [3.05, 3.63) is 28.8 Å². The van der Waals surface area contributed by atoms with Gasteiger partial charge in [-0.3, -0.25) is 0 Å². The molecule has 21 heavy (non-hydrogen) atoms. The molecular weight excluding hydrogens is 290 g/mol. The maximum absolute atomic E-state index is 12.9. The topological polar surface area (TPSA) is 74.7 Å². The van der Waals surface area contributed by atoms with Crippen LogP contribution in [0.15, 0.2) is 17.0 Å². The number of carboxylic acids is 1. The van der Waals surface area contributed by atoms with E-state index in [0.717, 1.165) is 12.8 Å². The van der Waals surface area contributed by atoms with Crippen LogP contribution in [0.1, 0.15) is 48.2 Å². The highest BCUT2D eigenvalue weighted by Crippen LogP contribution is 2.35. The summed E-state index contributed by atoms with van der Waals surface area (Å²) in [5.41, 5.74) is 0.861. The Bertz CT molecular complexity index is 692. The standard InChI is InChI=1S/C15H21NO4S/c1-10-8-12(14(17)18)9-13(11(10)2)21(19,20)16-7-5-6-15(16,3)4/h8-9H,5-7H2,1-4H3,(H,17,18). The lowest BCUT2D eigenvalue weighted by Gasteiger charge is -2.31. The second-order valence-corrected chi connectivity index (χ2v) is 8.05. The van der Waals surface area contributed by atoms with Gasteiger partial charge in [-0.2, -0.15) is 4.31 Å². The van der Waals surface area contributed by atoms with Crippen LogP contribution >= 0.6 is 0 Å². The number of hydrogen-bond acceptors (Lipinski definition) is 3. The first kappa shape index (κ1) is 16.0. The van der Waals surface area contributed by atoms with Gasteiger partial charge in [0.2, 0.25) is 10.0 Å². The molecule has 5 nitrogen and oxygen atoms in total. The lowest BCUT2D eigenvalue weighted by Crippen LogP contribution is -2.42. The Balaban J connectivity index is 2.62. The number of rotatable bonds is 3. The molecular formula is C15H21NO4S. The Labute approximate surface area is 125 Å². The van der Waals surface area contributed by atoms with Gasteiger partial charge in [-0.1, -0.05) is 0 Å². The molecule has 116 valence electrons. The van der Waals surface area contributed by atoms with Gasteiger partial charge >= 0.3 is 5.97 Å². The van der Waals surface area contributed by atoms with Gasteiger partial charge in [0.15, 0.2) is 0 Å². The number of hydrogen-bond donors (Lipinski definition) is 1. The highest BCUT2D eigenvalue weighted by molar-refractivity contribution is 7.89. The van der Waals surface area contributed by atoms with Crippen molar-refractivity contribution in [1.82, 2.24) is 4.31 Å². The average Bonchev–Trinajstić information content (AvgIpc) is 2.72. The molecule has 1 aromatic carbocycles. The molecule has 0 radical (unpaired) electrons. The fraction of sp³-hybridized carbons (Fsp3) is 0.533. The molecule has 0 unspecified atom stereocenters. The predicted molar refractivity (Wildman–Crippen MR) is 80.1 cm³/mol. The van der Waals surface area contributed by atoms with Crippen molar-refractivity contribution in [1.29, 1.82) is 0 Å². The molecule has 1 aliphatic rings. The van der Waals surface area contributed by atoms with E-state index in [1.807, 2.05) is 13.8 Å². The van der Waals surface area contributed by atoms with Crippen molar-refractivity contribution in [2.24, 2.45) is 0 Å². The predicted octanol–water partition coefficient (Wildman–Crippen LogP) is 2.56. The SMILES string of the molecule is Cc1cc(C(=O)O)cc(S(=O)(=O)N2CCCC2(C)C)c1C. The van der Waals surface area contributed by atoms with E-state index in [9.17, 15) is 13.2 Å². The zero-order valence-corrected chi connectivity index (χ0v) is 13.6. The smallest absolute Gasteiger partial charge is 0.335 e. The van der Waals surface area contributed by atoms with E-state index in [-0.39, 0.29) is 10.5 Å². The second kappa shape index (κ2) is 5.10. The summed E-state index contributed by atoms with van der Waals surface area (Å²) >= 11 is 0. The monoisotopic (exact) mass is 311 g/mol. The van der Waals surface area contributed by atoms with Crippen molar-refractivity contribution >= 4 is 16.0 Å². The van der Waals surface area contributed by atoms with Crippen LogP contribution in [-0.4, -0.2) is 35.9 Å². The van der Waals surface area contributed by atoms with Crippen LogP contribution in [0, 0.1) is 13.8 Å². The third kappa shape index (κ3) is 2.70. The zero-order chi connectivity index (χ0) is 16.0. The molecule has 1 aliphatic heterocycles.